The first kappa shape index (κ1) is 26.0. The molecule has 6 heteroatoms. The number of amides is 1. The Morgan fingerprint density at radius 1 is 1.11 bits per heavy atom. The monoisotopic (exact) mass is 497 g/mol. The van der Waals surface area contributed by atoms with E-state index in [0.29, 0.717) is 18.7 Å². The third-order valence-electron chi connectivity index (χ3n) is 6.44. The number of hydrogen-bond donors (Lipinski definition) is 1. The Morgan fingerprint density at radius 3 is 2.68 bits per heavy atom. The highest BCUT2D eigenvalue weighted by atomic mass is 16.5. The zero-order valence-electron chi connectivity index (χ0n) is 22.1. The first-order chi connectivity index (χ1) is 17.9. The van der Waals surface area contributed by atoms with Crippen LogP contribution in [0.4, 0.5) is 0 Å². The fourth-order valence-electron chi connectivity index (χ4n) is 4.60. The molecule has 1 heterocycles. The molecule has 37 heavy (non-hydrogen) atoms. The number of imidazole rings is 1. The molecule has 192 valence electrons. The molecule has 1 unspecified atom stereocenters. The number of aryl methyl sites for hydroxylation is 3. The molecule has 6 nitrogen and oxygen atoms in total. The minimum absolute atomic E-state index is 0.0982. The third kappa shape index (κ3) is 6.02. The van der Waals surface area contributed by atoms with Crippen LogP contribution in [-0.4, -0.2) is 29.2 Å². The van der Waals surface area contributed by atoms with Crippen molar-refractivity contribution >= 4 is 16.9 Å². The van der Waals surface area contributed by atoms with Gasteiger partial charge in [0.05, 0.1) is 30.8 Å². The van der Waals surface area contributed by atoms with Crippen molar-refractivity contribution in [2.24, 2.45) is 0 Å². The molecular weight excluding hydrogens is 462 g/mol. The summed E-state index contributed by atoms with van der Waals surface area (Å²) in [5, 5.41) is 3.14. The number of ether oxygens (including phenoxy) is 2. The molecule has 0 saturated heterocycles. The standard InChI is InChI=1S/C31H35N3O3/c1-6-10-24-14-16-28(29(20-24)36-5)37-18-9-17-34-27-12-8-7-11-26(27)33-30(34)23(4)32-31(35)25-15-13-21(2)19-22(25)3/h6-8,11-16,19-20,23H,1,9-10,17-18H2,2-5H3,(H,32,35). The molecule has 0 bridgehead atoms. The van der Waals surface area contributed by atoms with Crippen LogP contribution in [0.1, 0.15) is 52.3 Å². The van der Waals surface area contributed by atoms with Gasteiger partial charge in [-0.2, -0.15) is 0 Å². The van der Waals surface area contributed by atoms with E-state index in [2.05, 4.69) is 22.5 Å². The second kappa shape index (κ2) is 11.8. The maximum atomic E-state index is 13.0. The van der Waals surface area contributed by atoms with E-state index in [1.807, 2.05) is 81.4 Å². The topological polar surface area (TPSA) is 65.4 Å². The van der Waals surface area contributed by atoms with Gasteiger partial charge in [0.2, 0.25) is 0 Å². The van der Waals surface area contributed by atoms with Crippen LogP contribution in [0, 0.1) is 13.8 Å². The Bertz CT molecular complexity index is 1410. The molecular formula is C31H35N3O3. The Morgan fingerprint density at radius 2 is 1.92 bits per heavy atom. The number of allylic oxidation sites excluding steroid dienone is 1. The van der Waals surface area contributed by atoms with Crippen molar-refractivity contribution in [2.45, 2.75) is 46.2 Å². The summed E-state index contributed by atoms with van der Waals surface area (Å²) < 4.78 is 13.8. The number of carbonyl (C=O) groups is 1. The van der Waals surface area contributed by atoms with Crippen molar-refractivity contribution in [3.05, 3.63) is 101 Å². The molecule has 4 rings (SSSR count). The quantitative estimate of drug-likeness (QED) is 0.194. The lowest BCUT2D eigenvalue weighted by Gasteiger charge is -2.18. The van der Waals surface area contributed by atoms with E-state index < -0.39 is 0 Å². The summed E-state index contributed by atoms with van der Waals surface area (Å²) in [5.74, 6) is 2.17. The van der Waals surface area contributed by atoms with Gasteiger partial charge >= 0.3 is 0 Å². The Kier molecular flexibility index (Phi) is 8.29. The SMILES string of the molecule is C=CCc1ccc(OCCCn2c(C(C)NC(=O)c3ccc(C)cc3C)nc3ccccc32)c(OC)c1. The van der Waals surface area contributed by atoms with Crippen molar-refractivity contribution in [3.63, 3.8) is 0 Å². The van der Waals surface area contributed by atoms with Crippen molar-refractivity contribution < 1.29 is 14.3 Å². The van der Waals surface area contributed by atoms with Crippen LogP contribution < -0.4 is 14.8 Å². The van der Waals surface area contributed by atoms with Crippen LogP contribution >= 0.6 is 0 Å². The van der Waals surface area contributed by atoms with Gasteiger partial charge < -0.3 is 19.4 Å². The average Bonchev–Trinajstić information content (AvgIpc) is 3.26. The molecule has 1 aromatic heterocycles. The maximum absolute atomic E-state index is 13.0. The molecule has 0 aliphatic heterocycles. The lowest BCUT2D eigenvalue weighted by atomic mass is 10.0. The van der Waals surface area contributed by atoms with Gasteiger partial charge in [0.25, 0.3) is 5.91 Å². The number of methoxy groups -OCH3 is 1. The second-order valence-electron chi connectivity index (χ2n) is 9.30. The fourth-order valence-corrected chi connectivity index (χ4v) is 4.60. The van der Waals surface area contributed by atoms with Gasteiger partial charge in [-0.25, -0.2) is 4.98 Å². The van der Waals surface area contributed by atoms with Crippen molar-refractivity contribution in [1.29, 1.82) is 0 Å². The molecule has 0 aliphatic carbocycles. The highest BCUT2D eigenvalue weighted by molar-refractivity contribution is 5.96. The van der Waals surface area contributed by atoms with Crippen molar-refractivity contribution in [2.75, 3.05) is 13.7 Å². The molecule has 0 fully saturated rings. The fraction of sp³-hybridized carbons (Fsp3) is 0.290. The van der Waals surface area contributed by atoms with Gasteiger partial charge in [-0.05, 0) is 75.1 Å². The average molecular weight is 498 g/mol. The molecule has 1 N–H and O–H groups in total. The number of fused-ring (bicyclic) bond motifs is 1. The Balaban J connectivity index is 1.47. The van der Waals surface area contributed by atoms with Crippen molar-refractivity contribution in [3.8, 4) is 11.5 Å². The highest BCUT2D eigenvalue weighted by Gasteiger charge is 2.20. The summed E-state index contributed by atoms with van der Waals surface area (Å²) in [6.45, 7) is 11.0. The molecule has 0 aliphatic rings. The van der Waals surface area contributed by atoms with Gasteiger partial charge in [-0.15, -0.1) is 6.58 Å². The molecule has 1 amide bonds. The van der Waals surface area contributed by atoms with E-state index >= 15 is 0 Å². The molecule has 0 spiro atoms. The maximum Gasteiger partial charge on any atom is 0.252 e. The predicted molar refractivity (Wildman–Crippen MR) is 149 cm³/mol. The Labute approximate surface area is 218 Å². The number of rotatable bonds is 11. The first-order valence-corrected chi connectivity index (χ1v) is 12.6. The Hall–Kier alpha value is -4.06. The van der Waals surface area contributed by atoms with Crippen LogP contribution in [0.5, 0.6) is 11.5 Å². The summed E-state index contributed by atoms with van der Waals surface area (Å²) in [6.07, 6.45) is 3.42. The number of nitrogens with one attached hydrogen (secondary N) is 1. The van der Waals surface area contributed by atoms with Crippen molar-refractivity contribution in [1.82, 2.24) is 14.9 Å². The van der Waals surface area contributed by atoms with Gasteiger partial charge in [0.15, 0.2) is 11.5 Å². The van der Waals surface area contributed by atoms with Crippen LogP contribution in [0.15, 0.2) is 73.3 Å². The first-order valence-electron chi connectivity index (χ1n) is 12.6. The zero-order valence-corrected chi connectivity index (χ0v) is 22.1. The molecule has 3 aromatic carbocycles. The minimum atomic E-state index is -0.265. The van der Waals surface area contributed by atoms with Crippen LogP contribution in [0.25, 0.3) is 11.0 Å². The smallest absolute Gasteiger partial charge is 0.252 e. The van der Waals surface area contributed by atoms with Crippen LogP contribution in [0.2, 0.25) is 0 Å². The number of nitrogens with zero attached hydrogens (tertiary/aromatic N) is 2. The number of hydrogen-bond acceptors (Lipinski definition) is 4. The van der Waals surface area contributed by atoms with E-state index in [9.17, 15) is 4.79 Å². The number of para-hydroxylation sites is 2. The lowest BCUT2D eigenvalue weighted by Crippen LogP contribution is -2.29. The van der Waals surface area contributed by atoms with Gasteiger partial charge in [0, 0.05) is 12.1 Å². The van der Waals surface area contributed by atoms with Gasteiger partial charge in [-0.1, -0.05) is 42.0 Å². The normalized spacial score (nSPS) is 11.8. The largest absolute Gasteiger partial charge is 0.493 e. The molecule has 1 atom stereocenters. The summed E-state index contributed by atoms with van der Waals surface area (Å²) in [6, 6.07) is 19.6. The highest BCUT2D eigenvalue weighted by Crippen LogP contribution is 2.29. The molecule has 0 radical (unpaired) electrons. The summed E-state index contributed by atoms with van der Waals surface area (Å²) >= 11 is 0. The van der Waals surface area contributed by atoms with E-state index in [4.69, 9.17) is 14.5 Å². The number of aromatic nitrogens is 2. The molecule has 0 saturated carbocycles. The van der Waals surface area contributed by atoms with E-state index in [0.717, 1.165) is 57.9 Å². The molecule has 4 aromatic rings. The lowest BCUT2D eigenvalue weighted by molar-refractivity contribution is 0.0937. The van der Waals surface area contributed by atoms with Gasteiger partial charge in [0.1, 0.15) is 5.82 Å². The van der Waals surface area contributed by atoms with Gasteiger partial charge in [-0.3, -0.25) is 4.79 Å². The number of benzene rings is 3. The third-order valence-corrected chi connectivity index (χ3v) is 6.44. The summed E-state index contributed by atoms with van der Waals surface area (Å²) in [7, 11) is 1.65. The summed E-state index contributed by atoms with van der Waals surface area (Å²) in [5.41, 5.74) is 5.86. The van der Waals surface area contributed by atoms with Crippen LogP contribution in [0.3, 0.4) is 0 Å². The van der Waals surface area contributed by atoms with E-state index in [1.165, 1.54) is 0 Å². The predicted octanol–water partition coefficient (Wildman–Crippen LogP) is 6.35. The summed E-state index contributed by atoms with van der Waals surface area (Å²) in [4.78, 5) is 17.9. The van der Waals surface area contributed by atoms with E-state index in [-0.39, 0.29) is 11.9 Å². The zero-order chi connectivity index (χ0) is 26.4. The second-order valence-corrected chi connectivity index (χ2v) is 9.30. The van der Waals surface area contributed by atoms with Crippen LogP contribution in [-0.2, 0) is 13.0 Å². The number of carbonyl (C=O) groups excluding carboxylic acids is 1. The van der Waals surface area contributed by atoms with E-state index in [1.54, 1.807) is 7.11 Å². The minimum Gasteiger partial charge on any atom is -0.493 e.